The van der Waals surface area contributed by atoms with E-state index in [0.717, 1.165) is 11.4 Å². The Morgan fingerprint density at radius 2 is 2.33 bits per heavy atom. The van der Waals surface area contributed by atoms with E-state index in [1.54, 1.807) is 24.5 Å². The second kappa shape index (κ2) is 5.91. The molecule has 3 nitrogen and oxygen atoms in total. The third-order valence-electron chi connectivity index (χ3n) is 2.37. The SMILES string of the molecule is [2H]C([2H])(c1cc(Cl)ccc1NCc1cocn1)C(C)C. The molecule has 2 aromatic rings. The largest absolute Gasteiger partial charge is 0.451 e. The van der Waals surface area contributed by atoms with E-state index in [4.69, 9.17) is 18.8 Å². The normalized spacial score (nSPS) is 13.3. The van der Waals surface area contributed by atoms with Gasteiger partial charge in [0.15, 0.2) is 6.39 Å². The summed E-state index contributed by atoms with van der Waals surface area (Å²) in [5, 5.41) is 3.71. The van der Waals surface area contributed by atoms with Crippen LogP contribution < -0.4 is 5.32 Å². The minimum atomic E-state index is -1.46. The summed E-state index contributed by atoms with van der Waals surface area (Å²) in [4.78, 5) is 4.03. The maximum Gasteiger partial charge on any atom is 0.180 e. The Morgan fingerprint density at radius 3 is 3.00 bits per heavy atom. The van der Waals surface area contributed by atoms with Gasteiger partial charge in [0.25, 0.3) is 0 Å². The van der Waals surface area contributed by atoms with Gasteiger partial charge in [-0.05, 0) is 36.1 Å². The van der Waals surface area contributed by atoms with Crippen molar-refractivity contribution >= 4 is 17.3 Å². The van der Waals surface area contributed by atoms with Gasteiger partial charge in [-0.25, -0.2) is 4.98 Å². The predicted molar refractivity (Wildman–Crippen MR) is 73.8 cm³/mol. The van der Waals surface area contributed by atoms with Crippen molar-refractivity contribution in [3.8, 4) is 0 Å². The van der Waals surface area contributed by atoms with E-state index < -0.39 is 6.37 Å². The fourth-order valence-corrected chi connectivity index (χ4v) is 1.78. The van der Waals surface area contributed by atoms with Crippen LogP contribution >= 0.6 is 11.6 Å². The summed E-state index contributed by atoms with van der Waals surface area (Å²) in [6.45, 7) is 4.17. The van der Waals surface area contributed by atoms with E-state index in [-0.39, 0.29) is 5.92 Å². The molecule has 18 heavy (non-hydrogen) atoms. The molecule has 0 fully saturated rings. The van der Waals surface area contributed by atoms with Crippen LogP contribution in [0.25, 0.3) is 0 Å². The first-order valence-electron chi connectivity index (χ1n) is 6.82. The van der Waals surface area contributed by atoms with E-state index >= 15 is 0 Å². The zero-order valence-corrected chi connectivity index (χ0v) is 11.2. The lowest BCUT2D eigenvalue weighted by atomic mass is 10.0. The lowest BCUT2D eigenvalue weighted by Gasteiger charge is -2.13. The smallest absolute Gasteiger partial charge is 0.180 e. The summed E-state index contributed by atoms with van der Waals surface area (Å²) >= 11 is 6.01. The first-order chi connectivity index (χ1) is 9.41. The average molecular weight is 267 g/mol. The van der Waals surface area contributed by atoms with E-state index in [2.05, 4.69) is 10.3 Å². The topological polar surface area (TPSA) is 38.1 Å². The molecule has 0 unspecified atom stereocenters. The fourth-order valence-electron chi connectivity index (χ4n) is 1.61. The van der Waals surface area contributed by atoms with Gasteiger partial charge in [-0.3, -0.25) is 0 Å². The van der Waals surface area contributed by atoms with Crippen molar-refractivity contribution in [2.45, 2.75) is 26.8 Å². The first kappa shape index (κ1) is 10.4. The molecule has 0 aliphatic carbocycles. The summed E-state index contributed by atoms with van der Waals surface area (Å²) in [6.07, 6.45) is 1.46. The maximum absolute atomic E-state index is 8.25. The van der Waals surface area contributed by atoms with Crippen LogP contribution in [0.2, 0.25) is 5.02 Å². The summed E-state index contributed by atoms with van der Waals surface area (Å²) < 4.78 is 21.4. The summed E-state index contributed by atoms with van der Waals surface area (Å²) in [5.74, 6) is -0.159. The van der Waals surface area contributed by atoms with Crippen LogP contribution in [-0.2, 0) is 12.9 Å². The molecule has 0 saturated heterocycles. The molecular formula is C14H17ClN2O. The molecule has 1 heterocycles. The highest BCUT2D eigenvalue weighted by atomic mass is 35.5. The van der Waals surface area contributed by atoms with Crippen molar-refractivity contribution in [2.24, 2.45) is 5.92 Å². The van der Waals surface area contributed by atoms with Crippen LogP contribution in [0.4, 0.5) is 5.69 Å². The first-order valence-corrected chi connectivity index (χ1v) is 6.20. The average Bonchev–Trinajstić information content (AvgIpc) is 2.90. The molecule has 0 saturated carbocycles. The lowest BCUT2D eigenvalue weighted by Crippen LogP contribution is -2.04. The highest BCUT2D eigenvalue weighted by Crippen LogP contribution is 2.23. The quantitative estimate of drug-likeness (QED) is 0.884. The third kappa shape index (κ3) is 3.50. The zero-order chi connectivity index (χ0) is 14.8. The fraction of sp³-hybridized carbons (Fsp3) is 0.357. The highest BCUT2D eigenvalue weighted by molar-refractivity contribution is 6.30. The Balaban J connectivity index is 2.28. The summed E-state index contributed by atoms with van der Waals surface area (Å²) in [5.41, 5.74) is 2.04. The van der Waals surface area contributed by atoms with Gasteiger partial charge >= 0.3 is 0 Å². The summed E-state index contributed by atoms with van der Waals surface area (Å²) in [7, 11) is 0. The van der Waals surface area contributed by atoms with Gasteiger partial charge in [0.05, 0.1) is 12.2 Å². The van der Waals surface area contributed by atoms with E-state index in [9.17, 15) is 0 Å². The molecule has 4 heteroatoms. The van der Waals surface area contributed by atoms with Crippen LogP contribution in [0.15, 0.2) is 35.3 Å². The maximum atomic E-state index is 8.25. The van der Waals surface area contributed by atoms with Crippen LogP contribution in [0.5, 0.6) is 0 Å². The molecule has 0 bridgehead atoms. The number of halogens is 1. The standard InChI is InChI=1S/C14H17ClN2O/c1-10(2)5-11-6-12(15)3-4-14(11)16-7-13-8-18-9-17-13/h3-4,6,8-10,16H,5,7H2,1-2H3/i5D2. The molecule has 1 aromatic carbocycles. The molecule has 1 N–H and O–H groups in total. The van der Waals surface area contributed by atoms with Gasteiger partial charge in [-0.2, -0.15) is 0 Å². The van der Waals surface area contributed by atoms with Crippen molar-refractivity contribution in [3.63, 3.8) is 0 Å². The zero-order valence-electron chi connectivity index (χ0n) is 12.4. The second-order valence-corrected chi connectivity index (χ2v) is 4.76. The number of benzene rings is 1. The molecule has 0 spiro atoms. The molecule has 0 aliphatic heterocycles. The molecule has 96 valence electrons. The van der Waals surface area contributed by atoms with E-state index in [1.807, 2.05) is 13.8 Å². The number of anilines is 1. The molecule has 2 rings (SSSR count). The molecule has 0 radical (unpaired) electrons. The van der Waals surface area contributed by atoms with Crippen LogP contribution in [0, 0.1) is 5.92 Å². The Morgan fingerprint density at radius 1 is 1.50 bits per heavy atom. The molecule has 1 aromatic heterocycles. The second-order valence-electron chi connectivity index (χ2n) is 4.32. The van der Waals surface area contributed by atoms with Crippen LogP contribution in [0.3, 0.4) is 0 Å². The lowest BCUT2D eigenvalue weighted by molar-refractivity contribution is 0.556. The van der Waals surface area contributed by atoms with Crippen molar-refractivity contribution in [1.82, 2.24) is 4.98 Å². The number of nitrogens with one attached hydrogen (secondary N) is 1. The van der Waals surface area contributed by atoms with Crippen molar-refractivity contribution in [2.75, 3.05) is 5.32 Å². The summed E-state index contributed by atoms with van der Waals surface area (Å²) in [6, 6.07) is 5.21. The van der Waals surface area contributed by atoms with Gasteiger partial charge in [-0.1, -0.05) is 25.4 Å². The van der Waals surface area contributed by atoms with E-state index in [1.165, 1.54) is 6.39 Å². The number of hydrogen-bond acceptors (Lipinski definition) is 3. The van der Waals surface area contributed by atoms with E-state index in [0.29, 0.717) is 17.1 Å². The van der Waals surface area contributed by atoms with Gasteiger partial charge < -0.3 is 9.73 Å². The van der Waals surface area contributed by atoms with Crippen molar-refractivity contribution in [3.05, 3.63) is 47.1 Å². The molecular weight excluding hydrogens is 248 g/mol. The van der Waals surface area contributed by atoms with Crippen LogP contribution in [0.1, 0.15) is 27.8 Å². The number of rotatable bonds is 5. The molecule has 0 amide bonds. The van der Waals surface area contributed by atoms with Crippen molar-refractivity contribution < 1.29 is 7.16 Å². The minimum absolute atomic E-state index is 0.159. The number of nitrogens with zero attached hydrogens (tertiary/aromatic N) is 1. The Labute approximate surface area is 115 Å². The minimum Gasteiger partial charge on any atom is -0.451 e. The molecule has 0 aliphatic rings. The third-order valence-corrected chi connectivity index (χ3v) is 2.60. The molecule has 0 atom stereocenters. The van der Waals surface area contributed by atoms with Crippen LogP contribution in [-0.4, -0.2) is 4.98 Å². The number of hydrogen-bond donors (Lipinski definition) is 1. The monoisotopic (exact) mass is 266 g/mol. The number of aromatic nitrogens is 1. The van der Waals surface area contributed by atoms with Gasteiger partial charge in [0, 0.05) is 13.5 Å². The predicted octanol–water partition coefficient (Wildman–Crippen LogP) is 4.14. The van der Waals surface area contributed by atoms with Gasteiger partial charge in [0.1, 0.15) is 6.26 Å². The Bertz CT molecular complexity index is 571. The van der Waals surface area contributed by atoms with Gasteiger partial charge in [0.2, 0.25) is 0 Å². The Hall–Kier alpha value is -1.48. The van der Waals surface area contributed by atoms with Crippen molar-refractivity contribution in [1.29, 1.82) is 0 Å². The highest BCUT2D eigenvalue weighted by Gasteiger charge is 2.06. The Kier molecular flexibility index (Phi) is 3.43. The number of oxazole rings is 1. The van der Waals surface area contributed by atoms with Gasteiger partial charge in [-0.15, -0.1) is 0 Å².